The van der Waals surface area contributed by atoms with Gasteiger partial charge in [0.25, 0.3) is 0 Å². The highest BCUT2D eigenvalue weighted by Gasteiger charge is 2.20. The number of rotatable bonds is 4. The zero-order valence-electron chi connectivity index (χ0n) is 12.1. The van der Waals surface area contributed by atoms with E-state index in [0.717, 1.165) is 19.8 Å². The van der Waals surface area contributed by atoms with Crippen molar-refractivity contribution in [3.05, 3.63) is 29.8 Å². The molecule has 1 heterocycles. The Hall–Kier alpha value is -0.643. The summed E-state index contributed by atoms with van der Waals surface area (Å²) in [6.07, 6.45) is 1.17. The van der Waals surface area contributed by atoms with E-state index in [4.69, 9.17) is 4.74 Å². The lowest BCUT2D eigenvalue weighted by Gasteiger charge is -2.23. The molecule has 3 heteroatoms. The third-order valence-corrected chi connectivity index (χ3v) is 5.85. The molecule has 1 fully saturated rings. The number of hydrogen-bond donors (Lipinski definition) is 0. The van der Waals surface area contributed by atoms with Gasteiger partial charge in [0.2, 0.25) is 0 Å². The van der Waals surface area contributed by atoms with Gasteiger partial charge in [-0.1, -0.05) is 49.1 Å². The first-order chi connectivity index (χ1) is 8.47. The number of likely N-dealkylation sites (N-methyl/N-ethyl adjacent to an activating group) is 1. The second-order valence-electron chi connectivity index (χ2n) is 6.38. The van der Waals surface area contributed by atoms with Crippen molar-refractivity contribution < 1.29 is 4.74 Å². The molecule has 1 atom stereocenters. The van der Waals surface area contributed by atoms with Gasteiger partial charge in [0.05, 0.1) is 14.7 Å². The standard InChI is InChI=1S/C15H25NOSi/c1-16(14-9-10-17-12-14)11-13-5-7-15(8-6-13)18(2,3)4/h5-8,14H,9-12H2,1-4H3. The monoisotopic (exact) mass is 263 g/mol. The summed E-state index contributed by atoms with van der Waals surface area (Å²) in [6, 6.07) is 9.82. The molecule has 0 radical (unpaired) electrons. The van der Waals surface area contributed by atoms with E-state index < -0.39 is 8.07 Å². The fourth-order valence-electron chi connectivity index (χ4n) is 2.40. The van der Waals surface area contributed by atoms with Crippen molar-refractivity contribution in [2.75, 3.05) is 20.3 Å². The molecule has 1 saturated heterocycles. The third-order valence-electron chi connectivity index (χ3n) is 3.78. The normalized spacial score (nSPS) is 20.6. The number of benzene rings is 1. The molecule has 0 N–H and O–H groups in total. The zero-order chi connectivity index (χ0) is 13.2. The highest BCUT2D eigenvalue weighted by atomic mass is 28.3. The summed E-state index contributed by atoms with van der Waals surface area (Å²) in [5.41, 5.74) is 1.41. The van der Waals surface area contributed by atoms with Crippen molar-refractivity contribution in [3.8, 4) is 0 Å². The fourth-order valence-corrected chi connectivity index (χ4v) is 3.56. The maximum atomic E-state index is 5.44. The summed E-state index contributed by atoms with van der Waals surface area (Å²) < 4.78 is 5.44. The molecule has 0 amide bonds. The largest absolute Gasteiger partial charge is 0.380 e. The molecule has 1 unspecified atom stereocenters. The van der Waals surface area contributed by atoms with Crippen molar-refractivity contribution in [2.45, 2.75) is 38.6 Å². The summed E-state index contributed by atoms with van der Waals surface area (Å²) in [7, 11) is 1.04. The van der Waals surface area contributed by atoms with Gasteiger partial charge in [-0.05, 0) is 19.0 Å². The highest BCUT2D eigenvalue weighted by Crippen LogP contribution is 2.14. The Balaban J connectivity index is 1.97. The average molecular weight is 263 g/mol. The van der Waals surface area contributed by atoms with Crippen LogP contribution < -0.4 is 5.19 Å². The Morgan fingerprint density at radius 3 is 2.39 bits per heavy atom. The lowest BCUT2D eigenvalue weighted by atomic mass is 10.1. The van der Waals surface area contributed by atoms with Gasteiger partial charge >= 0.3 is 0 Å². The zero-order valence-corrected chi connectivity index (χ0v) is 13.1. The van der Waals surface area contributed by atoms with E-state index in [0.29, 0.717) is 6.04 Å². The van der Waals surface area contributed by atoms with Crippen LogP contribution in [0.2, 0.25) is 19.6 Å². The molecule has 0 aromatic heterocycles. The molecule has 0 spiro atoms. The van der Waals surface area contributed by atoms with Crippen LogP contribution in [0.15, 0.2) is 24.3 Å². The van der Waals surface area contributed by atoms with Crippen molar-refractivity contribution >= 4 is 13.3 Å². The smallest absolute Gasteiger partial charge is 0.0775 e. The van der Waals surface area contributed by atoms with E-state index in [-0.39, 0.29) is 0 Å². The molecule has 0 saturated carbocycles. The van der Waals surface area contributed by atoms with E-state index in [1.54, 1.807) is 0 Å². The maximum Gasteiger partial charge on any atom is 0.0775 e. The Labute approximate surface area is 112 Å². The van der Waals surface area contributed by atoms with Crippen molar-refractivity contribution in [3.63, 3.8) is 0 Å². The lowest BCUT2D eigenvalue weighted by molar-refractivity contribution is 0.156. The van der Waals surface area contributed by atoms with E-state index in [1.807, 2.05) is 0 Å². The van der Waals surface area contributed by atoms with E-state index in [9.17, 15) is 0 Å². The molecule has 2 rings (SSSR count). The number of ether oxygens (including phenoxy) is 1. The molecule has 2 nitrogen and oxygen atoms in total. The van der Waals surface area contributed by atoms with Gasteiger partial charge in [-0.25, -0.2) is 0 Å². The van der Waals surface area contributed by atoms with Gasteiger partial charge in [-0.2, -0.15) is 0 Å². The summed E-state index contributed by atoms with van der Waals surface area (Å²) in [5.74, 6) is 0. The molecule has 1 aliphatic heterocycles. The molecule has 1 aromatic rings. The second kappa shape index (κ2) is 5.55. The number of nitrogens with zero attached hydrogens (tertiary/aromatic N) is 1. The molecular formula is C15H25NOSi. The molecule has 1 aliphatic rings. The molecule has 100 valence electrons. The van der Waals surface area contributed by atoms with E-state index in [1.165, 1.54) is 17.2 Å². The van der Waals surface area contributed by atoms with Crippen LogP contribution in [0.4, 0.5) is 0 Å². The van der Waals surface area contributed by atoms with Gasteiger partial charge < -0.3 is 4.74 Å². The van der Waals surface area contributed by atoms with Gasteiger partial charge in [-0.15, -0.1) is 0 Å². The molecular weight excluding hydrogens is 238 g/mol. The summed E-state index contributed by atoms with van der Waals surface area (Å²) in [4.78, 5) is 2.41. The summed E-state index contributed by atoms with van der Waals surface area (Å²) in [5, 5.41) is 1.54. The van der Waals surface area contributed by atoms with Gasteiger partial charge in [0.15, 0.2) is 0 Å². The van der Waals surface area contributed by atoms with Crippen LogP contribution in [0.5, 0.6) is 0 Å². The summed E-state index contributed by atoms with van der Waals surface area (Å²) >= 11 is 0. The lowest BCUT2D eigenvalue weighted by Crippen LogP contribution is -2.37. The Morgan fingerprint density at radius 1 is 1.22 bits per heavy atom. The van der Waals surface area contributed by atoms with Gasteiger partial charge in [0.1, 0.15) is 0 Å². The number of hydrogen-bond acceptors (Lipinski definition) is 2. The topological polar surface area (TPSA) is 12.5 Å². The SMILES string of the molecule is CN(Cc1ccc([Si](C)(C)C)cc1)C1CCOC1. The van der Waals surface area contributed by atoms with Gasteiger partial charge in [-0.3, -0.25) is 4.90 Å². The van der Waals surface area contributed by atoms with Crippen molar-refractivity contribution in [1.82, 2.24) is 4.90 Å². The van der Waals surface area contributed by atoms with Crippen LogP contribution >= 0.6 is 0 Å². The Kier molecular flexibility index (Phi) is 4.25. The first kappa shape index (κ1) is 13.8. The molecule has 0 aliphatic carbocycles. The fraction of sp³-hybridized carbons (Fsp3) is 0.600. The van der Waals surface area contributed by atoms with E-state index >= 15 is 0 Å². The van der Waals surface area contributed by atoms with Crippen LogP contribution in [-0.2, 0) is 11.3 Å². The van der Waals surface area contributed by atoms with Crippen LogP contribution in [0.25, 0.3) is 0 Å². The van der Waals surface area contributed by atoms with Crippen LogP contribution in [-0.4, -0.2) is 39.3 Å². The van der Waals surface area contributed by atoms with Crippen molar-refractivity contribution in [1.29, 1.82) is 0 Å². The third kappa shape index (κ3) is 3.43. The first-order valence-corrected chi connectivity index (χ1v) is 10.3. The molecule has 0 bridgehead atoms. The predicted molar refractivity (Wildman–Crippen MR) is 80.1 cm³/mol. The van der Waals surface area contributed by atoms with Gasteiger partial charge in [0, 0.05) is 19.2 Å². The first-order valence-electron chi connectivity index (χ1n) is 6.84. The average Bonchev–Trinajstić information content (AvgIpc) is 2.82. The Morgan fingerprint density at radius 2 is 1.89 bits per heavy atom. The predicted octanol–water partition coefficient (Wildman–Crippen LogP) is 2.45. The van der Waals surface area contributed by atoms with Crippen LogP contribution in [0.3, 0.4) is 0 Å². The second-order valence-corrected chi connectivity index (χ2v) is 11.5. The summed E-state index contributed by atoms with van der Waals surface area (Å²) in [6.45, 7) is 10.0. The Bertz CT molecular complexity index is 376. The minimum atomic E-state index is -1.16. The highest BCUT2D eigenvalue weighted by molar-refractivity contribution is 6.88. The minimum Gasteiger partial charge on any atom is -0.380 e. The van der Waals surface area contributed by atoms with E-state index in [2.05, 4.69) is 55.9 Å². The quantitative estimate of drug-likeness (QED) is 0.774. The van der Waals surface area contributed by atoms with Crippen molar-refractivity contribution in [2.24, 2.45) is 0 Å². The maximum absolute atomic E-state index is 5.44. The van der Waals surface area contributed by atoms with Crippen LogP contribution in [0, 0.1) is 0 Å². The minimum absolute atomic E-state index is 0.599. The van der Waals surface area contributed by atoms with Crippen LogP contribution in [0.1, 0.15) is 12.0 Å². The molecule has 1 aromatic carbocycles. The molecule has 18 heavy (non-hydrogen) atoms.